The molecule has 0 spiro atoms. The maximum atomic E-state index is 10.5. The number of nitrogens with zero attached hydrogens (tertiary/aromatic N) is 2. The smallest absolute Gasteiger partial charge is 0.137 e. The van der Waals surface area contributed by atoms with Crippen LogP contribution in [0.4, 0.5) is 0 Å². The quantitative estimate of drug-likeness (QED) is 0.749. The first-order valence-corrected chi connectivity index (χ1v) is 8.10. The highest BCUT2D eigenvalue weighted by atomic mass is 35.5. The molecule has 23 heavy (non-hydrogen) atoms. The van der Waals surface area contributed by atoms with Crippen LogP contribution in [0.2, 0.25) is 5.02 Å². The lowest BCUT2D eigenvalue weighted by atomic mass is 10.1. The van der Waals surface area contributed by atoms with Crippen LogP contribution in [0.5, 0.6) is 5.75 Å². The summed E-state index contributed by atoms with van der Waals surface area (Å²) in [6.07, 6.45) is 1.78. The van der Waals surface area contributed by atoms with Crippen molar-refractivity contribution in [2.24, 2.45) is 0 Å². The number of hydrogen-bond acceptors (Lipinski definition) is 3. The number of fused-ring (bicyclic) bond motifs is 1. The fraction of sp³-hybridized carbons (Fsp3) is 0.278. The molecule has 0 saturated heterocycles. The Bertz CT molecular complexity index is 812. The van der Waals surface area contributed by atoms with Gasteiger partial charge in [0.1, 0.15) is 11.4 Å². The van der Waals surface area contributed by atoms with E-state index in [1.54, 1.807) is 12.3 Å². The highest BCUT2D eigenvalue weighted by molar-refractivity contribution is 6.30. The molecular weight excluding hydrogens is 312 g/mol. The molecule has 4 nitrogen and oxygen atoms in total. The number of aliphatic hydroxyl groups excluding tert-OH is 1. The third-order valence-corrected chi connectivity index (χ3v) is 3.98. The molecule has 0 aliphatic rings. The van der Waals surface area contributed by atoms with E-state index in [1.807, 2.05) is 48.6 Å². The van der Waals surface area contributed by atoms with Gasteiger partial charge in [0.2, 0.25) is 0 Å². The minimum Gasteiger partial charge on any atom is -0.494 e. The largest absolute Gasteiger partial charge is 0.494 e. The summed E-state index contributed by atoms with van der Waals surface area (Å²) in [5.41, 5.74) is 3.23. The minimum absolute atomic E-state index is 0.602. The topological polar surface area (TPSA) is 46.8 Å². The van der Waals surface area contributed by atoms with Gasteiger partial charge in [-0.2, -0.15) is 0 Å². The standard InChI is InChI=1S/C18H19ClN2O2/c1-3-15(22)18-17(12-5-8-14(9-6-12)23-4-2)20-16-10-7-13(19)11-21(16)18/h5-11,15,22H,3-4H2,1-2H3. The van der Waals surface area contributed by atoms with Gasteiger partial charge >= 0.3 is 0 Å². The second-order valence-electron chi connectivity index (χ2n) is 5.30. The molecule has 0 amide bonds. The molecule has 1 aromatic carbocycles. The Balaban J connectivity index is 2.15. The van der Waals surface area contributed by atoms with E-state index in [1.165, 1.54) is 0 Å². The summed E-state index contributed by atoms with van der Waals surface area (Å²) >= 11 is 6.10. The lowest BCUT2D eigenvalue weighted by molar-refractivity contribution is 0.168. The highest BCUT2D eigenvalue weighted by Crippen LogP contribution is 2.32. The number of imidazole rings is 1. The zero-order valence-corrected chi connectivity index (χ0v) is 13.9. The summed E-state index contributed by atoms with van der Waals surface area (Å²) in [5.74, 6) is 0.820. The zero-order chi connectivity index (χ0) is 16.4. The monoisotopic (exact) mass is 330 g/mol. The van der Waals surface area contributed by atoms with Crippen molar-refractivity contribution in [2.45, 2.75) is 26.4 Å². The first-order chi connectivity index (χ1) is 11.1. The summed E-state index contributed by atoms with van der Waals surface area (Å²) < 4.78 is 7.34. The highest BCUT2D eigenvalue weighted by Gasteiger charge is 2.20. The van der Waals surface area contributed by atoms with Gasteiger partial charge in [-0.15, -0.1) is 0 Å². The van der Waals surface area contributed by atoms with Crippen molar-refractivity contribution in [3.05, 3.63) is 53.3 Å². The van der Waals surface area contributed by atoms with E-state index in [0.29, 0.717) is 18.1 Å². The number of hydrogen-bond donors (Lipinski definition) is 1. The molecule has 0 saturated carbocycles. The van der Waals surface area contributed by atoms with Gasteiger partial charge in [0.05, 0.1) is 29.1 Å². The van der Waals surface area contributed by atoms with E-state index in [2.05, 4.69) is 4.98 Å². The molecule has 0 bridgehead atoms. The van der Waals surface area contributed by atoms with Crippen molar-refractivity contribution < 1.29 is 9.84 Å². The van der Waals surface area contributed by atoms with Crippen LogP contribution in [-0.4, -0.2) is 21.1 Å². The van der Waals surface area contributed by atoms with Gasteiger partial charge in [0.25, 0.3) is 0 Å². The molecule has 120 valence electrons. The Morgan fingerprint density at radius 1 is 1.17 bits per heavy atom. The molecule has 0 aliphatic carbocycles. The van der Waals surface area contributed by atoms with Crippen LogP contribution < -0.4 is 4.74 Å². The SMILES string of the molecule is CCOc1ccc(-c2nc3ccc(Cl)cn3c2C(O)CC)cc1. The number of halogens is 1. The van der Waals surface area contributed by atoms with Crippen LogP contribution in [0.1, 0.15) is 32.1 Å². The van der Waals surface area contributed by atoms with E-state index >= 15 is 0 Å². The van der Waals surface area contributed by atoms with Gasteiger partial charge in [-0.05, 0) is 49.7 Å². The third-order valence-electron chi connectivity index (χ3n) is 3.76. The third kappa shape index (κ3) is 3.05. The normalized spacial score (nSPS) is 12.5. The Morgan fingerprint density at radius 2 is 1.91 bits per heavy atom. The van der Waals surface area contributed by atoms with Crippen LogP contribution in [0.15, 0.2) is 42.6 Å². The average molecular weight is 331 g/mol. The average Bonchev–Trinajstić information content (AvgIpc) is 2.93. The molecule has 0 aliphatic heterocycles. The van der Waals surface area contributed by atoms with Crippen molar-refractivity contribution >= 4 is 17.2 Å². The number of benzene rings is 1. The molecule has 1 unspecified atom stereocenters. The molecule has 0 radical (unpaired) electrons. The maximum absolute atomic E-state index is 10.5. The summed E-state index contributed by atoms with van der Waals surface area (Å²) in [6.45, 7) is 4.53. The molecule has 2 aromatic heterocycles. The summed E-state index contributed by atoms with van der Waals surface area (Å²) in [5, 5.41) is 11.1. The Hall–Kier alpha value is -2.04. The van der Waals surface area contributed by atoms with Crippen LogP contribution in [0.3, 0.4) is 0 Å². The first kappa shape index (κ1) is 15.8. The summed E-state index contributed by atoms with van der Waals surface area (Å²) in [4.78, 5) is 4.67. The van der Waals surface area contributed by atoms with Gasteiger partial charge in [0.15, 0.2) is 0 Å². The van der Waals surface area contributed by atoms with Gasteiger partial charge in [-0.3, -0.25) is 4.40 Å². The van der Waals surface area contributed by atoms with E-state index < -0.39 is 6.10 Å². The van der Waals surface area contributed by atoms with Crippen molar-refractivity contribution in [3.8, 4) is 17.0 Å². The molecule has 2 heterocycles. The van der Waals surface area contributed by atoms with Crippen molar-refractivity contribution in [3.63, 3.8) is 0 Å². The van der Waals surface area contributed by atoms with E-state index in [4.69, 9.17) is 16.3 Å². The number of aliphatic hydroxyl groups is 1. The fourth-order valence-electron chi connectivity index (χ4n) is 2.64. The van der Waals surface area contributed by atoms with Crippen LogP contribution >= 0.6 is 11.6 Å². The molecular formula is C18H19ClN2O2. The maximum Gasteiger partial charge on any atom is 0.137 e. The van der Waals surface area contributed by atoms with E-state index in [0.717, 1.165) is 28.3 Å². The van der Waals surface area contributed by atoms with Crippen molar-refractivity contribution in [1.29, 1.82) is 0 Å². The fourth-order valence-corrected chi connectivity index (χ4v) is 2.80. The summed E-state index contributed by atoms with van der Waals surface area (Å²) in [6, 6.07) is 11.4. The Labute approximate surface area is 140 Å². The van der Waals surface area contributed by atoms with E-state index in [-0.39, 0.29) is 0 Å². The molecule has 3 rings (SSSR count). The van der Waals surface area contributed by atoms with E-state index in [9.17, 15) is 5.11 Å². The van der Waals surface area contributed by atoms with Crippen LogP contribution in [0, 0.1) is 0 Å². The molecule has 0 fully saturated rings. The van der Waals surface area contributed by atoms with Gasteiger partial charge in [-0.1, -0.05) is 18.5 Å². The number of aromatic nitrogens is 2. The molecule has 3 aromatic rings. The predicted octanol–water partition coefficient (Wildman–Crippen LogP) is 4.50. The lowest BCUT2D eigenvalue weighted by Crippen LogP contribution is -2.02. The summed E-state index contributed by atoms with van der Waals surface area (Å²) in [7, 11) is 0. The number of pyridine rings is 1. The number of ether oxygens (including phenoxy) is 1. The molecule has 1 N–H and O–H groups in total. The van der Waals surface area contributed by atoms with Crippen LogP contribution in [0.25, 0.3) is 16.9 Å². The van der Waals surface area contributed by atoms with Crippen molar-refractivity contribution in [2.75, 3.05) is 6.61 Å². The first-order valence-electron chi connectivity index (χ1n) is 7.72. The Morgan fingerprint density at radius 3 is 2.57 bits per heavy atom. The second-order valence-corrected chi connectivity index (χ2v) is 5.74. The van der Waals surface area contributed by atoms with Gasteiger partial charge in [-0.25, -0.2) is 4.98 Å². The number of rotatable bonds is 5. The lowest BCUT2D eigenvalue weighted by Gasteiger charge is -2.11. The van der Waals surface area contributed by atoms with Gasteiger partial charge in [0, 0.05) is 11.8 Å². The van der Waals surface area contributed by atoms with Gasteiger partial charge < -0.3 is 9.84 Å². The zero-order valence-electron chi connectivity index (χ0n) is 13.2. The molecule has 5 heteroatoms. The Kier molecular flexibility index (Phi) is 4.55. The minimum atomic E-state index is -0.606. The van der Waals surface area contributed by atoms with Crippen LogP contribution in [-0.2, 0) is 0 Å². The second kappa shape index (κ2) is 6.60. The predicted molar refractivity (Wildman–Crippen MR) is 92.1 cm³/mol. The molecule has 1 atom stereocenters. The van der Waals surface area contributed by atoms with Crippen molar-refractivity contribution in [1.82, 2.24) is 9.38 Å².